The fraction of sp³-hybridized carbons (Fsp3) is 0.333. The van der Waals surface area contributed by atoms with E-state index in [0.717, 1.165) is 17.7 Å². The molecule has 0 N–H and O–H groups in total. The second-order valence-corrected chi connectivity index (χ2v) is 6.36. The van der Waals surface area contributed by atoms with Crippen LogP contribution in [0.15, 0.2) is 42.5 Å². The summed E-state index contributed by atoms with van der Waals surface area (Å²) in [5.41, 5.74) is 3.14. The molecular weight excluding hydrogens is 349 g/mol. The van der Waals surface area contributed by atoms with Crippen LogP contribution in [0.2, 0.25) is 0 Å². The van der Waals surface area contributed by atoms with E-state index in [1.807, 2.05) is 17.9 Å². The van der Waals surface area contributed by atoms with Gasteiger partial charge in [-0.15, -0.1) is 0 Å². The molecule has 0 bridgehead atoms. The van der Waals surface area contributed by atoms with Gasteiger partial charge in [-0.05, 0) is 49.2 Å². The third-order valence-electron chi connectivity index (χ3n) is 4.53. The Balaban J connectivity index is 0.000000817. The molecule has 3 rings (SSSR count). The molecule has 0 saturated carbocycles. The Kier molecular flexibility index (Phi) is 6.85. The van der Waals surface area contributed by atoms with Crippen LogP contribution in [0, 0.1) is 5.82 Å². The number of hydrogen-bond donors (Lipinski definition) is 0. The van der Waals surface area contributed by atoms with Crippen LogP contribution >= 0.6 is 0 Å². The highest BCUT2D eigenvalue weighted by atomic mass is 19.1. The van der Waals surface area contributed by atoms with Crippen molar-refractivity contribution in [3.63, 3.8) is 0 Å². The topological polar surface area (TPSA) is 63.7 Å². The van der Waals surface area contributed by atoms with Crippen molar-refractivity contribution in [1.82, 2.24) is 0 Å². The second kappa shape index (κ2) is 9.10. The lowest BCUT2D eigenvalue weighted by atomic mass is 9.91. The van der Waals surface area contributed by atoms with Gasteiger partial charge < -0.3 is 9.64 Å². The lowest BCUT2D eigenvalue weighted by molar-refractivity contribution is -0.191. The molecule has 1 heterocycles. The van der Waals surface area contributed by atoms with E-state index in [1.165, 1.54) is 17.7 Å². The molecule has 27 heavy (non-hydrogen) atoms. The first kappa shape index (κ1) is 20.3. The third kappa shape index (κ3) is 4.80. The van der Waals surface area contributed by atoms with Crippen LogP contribution in [0.3, 0.4) is 0 Å². The Morgan fingerprint density at radius 3 is 2.41 bits per heavy atom. The van der Waals surface area contributed by atoms with Gasteiger partial charge in [-0.3, -0.25) is 4.79 Å². The second-order valence-electron chi connectivity index (χ2n) is 6.36. The summed E-state index contributed by atoms with van der Waals surface area (Å²) in [5.74, 6) is 0.391. The van der Waals surface area contributed by atoms with Crippen LogP contribution in [0.5, 0.6) is 5.75 Å². The van der Waals surface area contributed by atoms with Gasteiger partial charge in [0, 0.05) is 24.9 Å². The molecule has 2 unspecified atom stereocenters. The number of benzene rings is 2. The number of amides is 1. The highest BCUT2D eigenvalue weighted by Crippen LogP contribution is 2.40. The van der Waals surface area contributed by atoms with Crippen LogP contribution in [0.1, 0.15) is 44.4 Å². The van der Waals surface area contributed by atoms with E-state index in [4.69, 9.17) is 14.3 Å². The number of ether oxygens (including phenoxy) is 1. The molecule has 142 valence electrons. The molecule has 2 aromatic carbocycles. The molecule has 2 atom stereocenters. The number of carbonyl (C=O) groups excluding carboxylic acids is 3. The first-order valence-electron chi connectivity index (χ1n) is 8.75. The minimum atomic E-state index is -0.282. The van der Waals surface area contributed by atoms with Gasteiger partial charge in [0.1, 0.15) is 17.7 Å². The van der Waals surface area contributed by atoms with E-state index in [9.17, 15) is 9.18 Å². The summed E-state index contributed by atoms with van der Waals surface area (Å²) in [6.45, 7) is 5.72. The minimum Gasteiger partial charge on any atom is -0.486 e. The van der Waals surface area contributed by atoms with Crippen molar-refractivity contribution in [3.05, 3.63) is 59.4 Å². The van der Waals surface area contributed by atoms with Gasteiger partial charge in [0.05, 0.1) is 5.69 Å². The number of hydrogen-bond acceptors (Lipinski definition) is 4. The van der Waals surface area contributed by atoms with Gasteiger partial charge in [0.15, 0.2) is 0 Å². The zero-order chi connectivity index (χ0) is 20.0. The molecule has 0 aliphatic carbocycles. The molecule has 0 saturated heterocycles. The average Bonchev–Trinajstić information content (AvgIpc) is 2.63. The van der Waals surface area contributed by atoms with Crippen molar-refractivity contribution in [1.29, 1.82) is 0 Å². The summed E-state index contributed by atoms with van der Waals surface area (Å²) in [6, 6.07) is 12.3. The van der Waals surface area contributed by atoms with E-state index >= 15 is 0 Å². The van der Waals surface area contributed by atoms with Gasteiger partial charge in [0.2, 0.25) is 5.91 Å². The molecule has 5 nitrogen and oxygen atoms in total. The van der Waals surface area contributed by atoms with Crippen molar-refractivity contribution in [2.24, 2.45) is 0 Å². The molecule has 2 aromatic rings. The van der Waals surface area contributed by atoms with Gasteiger partial charge in [0.25, 0.3) is 0 Å². The molecule has 1 aliphatic heterocycles. The predicted octanol–water partition coefficient (Wildman–Crippen LogP) is 4.07. The number of carbonyl (C=O) groups is 1. The molecule has 0 aromatic heterocycles. The lowest BCUT2D eigenvalue weighted by Crippen LogP contribution is -2.42. The van der Waals surface area contributed by atoms with Crippen molar-refractivity contribution >= 4 is 17.7 Å². The van der Waals surface area contributed by atoms with Gasteiger partial charge in [-0.1, -0.05) is 19.1 Å². The summed E-state index contributed by atoms with van der Waals surface area (Å²) in [5, 5.41) is 0. The standard InChI is InChI=1S/C20H22FNO2.CO2/c1-4-15-5-10-19-18(12-15)20(11-13(2)22(19)14(3)23)24-17-8-6-16(21)7-9-17;2-1-3/h5-10,12-13,20H,4,11H2,1-3H3;. The molecule has 6 heteroatoms. The van der Waals surface area contributed by atoms with Crippen molar-refractivity contribution in [2.45, 2.75) is 45.8 Å². The van der Waals surface area contributed by atoms with Gasteiger partial charge in [-0.25, -0.2) is 4.39 Å². The highest BCUT2D eigenvalue weighted by Gasteiger charge is 2.33. The molecule has 0 fully saturated rings. The zero-order valence-electron chi connectivity index (χ0n) is 15.6. The SMILES string of the molecule is CCc1ccc2c(c1)C(Oc1ccc(F)cc1)CC(C)N2C(C)=O.O=C=O. The first-order valence-corrected chi connectivity index (χ1v) is 8.75. The Bertz CT molecular complexity index is 829. The Morgan fingerprint density at radius 2 is 1.85 bits per heavy atom. The summed E-state index contributed by atoms with van der Waals surface area (Å²) >= 11 is 0. The largest absolute Gasteiger partial charge is 0.486 e. The van der Waals surface area contributed by atoms with Gasteiger partial charge in [-0.2, -0.15) is 9.59 Å². The van der Waals surface area contributed by atoms with Crippen LogP contribution < -0.4 is 9.64 Å². The number of anilines is 1. The number of aryl methyl sites for hydroxylation is 1. The van der Waals surface area contributed by atoms with Crippen LogP contribution in [-0.4, -0.2) is 18.1 Å². The Hall–Kier alpha value is -2.98. The Morgan fingerprint density at radius 1 is 1.22 bits per heavy atom. The molecule has 1 amide bonds. The maximum Gasteiger partial charge on any atom is 0.373 e. The number of fused-ring (bicyclic) bond motifs is 1. The number of halogens is 1. The van der Waals surface area contributed by atoms with Crippen LogP contribution in [0.4, 0.5) is 10.1 Å². The summed E-state index contributed by atoms with van der Waals surface area (Å²) < 4.78 is 19.2. The zero-order valence-corrected chi connectivity index (χ0v) is 15.6. The fourth-order valence-corrected chi connectivity index (χ4v) is 3.35. The van der Waals surface area contributed by atoms with E-state index in [1.54, 1.807) is 19.1 Å². The summed E-state index contributed by atoms with van der Waals surface area (Å²) in [6.07, 6.45) is 1.73. The molecular formula is C21H22FNO4. The van der Waals surface area contributed by atoms with Crippen molar-refractivity contribution < 1.29 is 23.5 Å². The molecule has 0 radical (unpaired) electrons. The quantitative estimate of drug-likeness (QED) is 0.816. The fourth-order valence-electron chi connectivity index (χ4n) is 3.35. The average molecular weight is 371 g/mol. The number of nitrogens with zero attached hydrogens (tertiary/aromatic N) is 1. The van der Waals surface area contributed by atoms with E-state index in [-0.39, 0.29) is 30.0 Å². The third-order valence-corrected chi connectivity index (χ3v) is 4.53. The van der Waals surface area contributed by atoms with E-state index in [2.05, 4.69) is 19.1 Å². The smallest absolute Gasteiger partial charge is 0.373 e. The monoisotopic (exact) mass is 371 g/mol. The summed E-state index contributed by atoms with van der Waals surface area (Å²) in [7, 11) is 0. The Labute approximate surface area is 157 Å². The van der Waals surface area contributed by atoms with Crippen molar-refractivity contribution in [3.8, 4) is 5.75 Å². The van der Waals surface area contributed by atoms with Crippen LogP contribution in [0.25, 0.3) is 0 Å². The normalized spacial score (nSPS) is 17.9. The van der Waals surface area contributed by atoms with Crippen LogP contribution in [-0.2, 0) is 20.8 Å². The number of rotatable bonds is 3. The van der Waals surface area contributed by atoms with E-state index in [0.29, 0.717) is 12.2 Å². The first-order chi connectivity index (χ1) is 12.9. The minimum absolute atomic E-state index is 0.0354. The lowest BCUT2D eigenvalue weighted by Gasteiger charge is -2.39. The van der Waals surface area contributed by atoms with Gasteiger partial charge >= 0.3 is 6.15 Å². The predicted molar refractivity (Wildman–Crippen MR) is 97.8 cm³/mol. The maximum absolute atomic E-state index is 13.1. The summed E-state index contributed by atoms with van der Waals surface area (Å²) in [4.78, 5) is 30.2. The molecule has 1 aliphatic rings. The van der Waals surface area contributed by atoms with E-state index < -0.39 is 0 Å². The molecule has 0 spiro atoms. The van der Waals surface area contributed by atoms with Crippen molar-refractivity contribution in [2.75, 3.05) is 4.90 Å². The maximum atomic E-state index is 13.1. The highest BCUT2D eigenvalue weighted by molar-refractivity contribution is 5.93.